The first kappa shape index (κ1) is 17.3. The zero-order valence-corrected chi connectivity index (χ0v) is 14.2. The molecule has 1 heterocycles. The summed E-state index contributed by atoms with van der Waals surface area (Å²) in [6.07, 6.45) is 0.953. The van der Waals surface area contributed by atoms with Crippen molar-refractivity contribution in [1.29, 1.82) is 0 Å². The number of rotatable bonds is 7. The summed E-state index contributed by atoms with van der Waals surface area (Å²) in [5.74, 6) is 0.650. The molecule has 6 nitrogen and oxygen atoms in total. The Morgan fingerprint density at radius 1 is 1.35 bits per heavy atom. The van der Waals surface area contributed by atoms with Crippen molar-refractivity contribution in [3.63, 3.8) is 0 Å². The summed E-state index contributed by atoms with van der Waals surface area (Å²) in [5.41, 5.74) is 1.21. The average Bonchev–Trinajstić information content (AvgIpc) is 2.98. The minimum atomic E-state index is -0.523. The van der Waals surface area contributed by atoms with Crippen molar-refractivity contribution < 1.29 is 14.3 Å². The second kappa shape index (κ2) is 7.97. The van der Waals surface area contributed by atoms with Crippen LogP contribution < -0.4 is 4.74 Å². The fraction of sp³-hybridized carbons (Fsp3) is 0.438. The quantitative estimate of drug-likeness (QED) is 0.779. The monoisotopic (exact) mass is 337 g/mol. The summed E-state index contributed by atoms with van der Waals surface area (Å²) in [6, 6.07) is 5.26. The minimum absolute atomic E-state index is 0.136. The molecule has 1 aromatic carbocycles. The standard InChI is InChI=1S/C16H20ClN3O3/c1-4-22-16(21)15-14(18-20-19-15)11-5-6-13(12(17)9-11)23-8-7-10(2)3/h5-6,9-10H,4,7-8H2,1-3H3,(H,18,19,20). The maximum Gasteiger partial charge on any atom is 0.361 e. The molecule has 7 heteroatoms. The van der Waals surface area contributed by atoms with E-state index in [0.29, 0.717) is 34.6 Å². The molecule has 0 radical (unpaired) electrons. The molecule has 124 valence electrons. The van der Waals surface area contributed by atoms with Gasteiger partial charge >= 0.3 is 5.97 Å². The average molecular weight is 338 g/mol. The molecule has 0 fully saturated rings. The largest absolute Gasteiger partial charge is 0.492 e. The number of nitrogens with one attached hydrogen (secondary N) is 1. The number of esters is 1. The number of carbonyl (C=O) groups is 1. The van der Waals surface area contributed by atoms with Gasteiger partial charge in [-0.3, -0.25) is 0 Å². The highest BCUT2D eigenvalue weighted by Crippen LogP contribution is 2.31. The van der Waals surface area contributed by atoms with Crippen molar-refractivity contribution in [3.05, 3.63) is 28.9 Å². The lowest BCUT2D eigenvalue weighted by Crippen LogP contribution is -2.06. The Bertz CT molecular complexity index is 670. The number of nitrogens with zero attached hydrogens (tertiary/aromatic N) is 2. The zero-order valence-electron chi connectivity index (χ0n) is 13.4. The number of H-pyrrole nitrogens is 1. The first-order valence-electron chi connectivity index (χ1n) is 7.53. The molecule has 0 atom stereocenters. The first-order valence-corrected chi connectivity index (χ1v) is 7.91. The van der Waals surface area contributed by atoms with Crippen molar-refractivity contribution in [2.24, 2.45) is 5.92 Å². The molecule has 0 unspecified atom stereocenters. The van der Waals surface area contributed by atoms with Crippen molar-refractivity contribution in [1.82, 2.24) is 15.4 Å². The molecule has 1 N–H and O–H groups in total. The predicted octanol–water partition coefficient (Wildman–Crippen LogP) is 3.73. The van der Waals surface area contributed by atoms with E-state index in [0.717, 1.165) is 6.42 Å². The second-order valence-corrected chi connectivity index (χ2v) is 5.82. The Hall–Kier alpha value is -2.08. The molecule has 0 bridgehead atoms. The third kappa shape index (κ3) is 4.45. The molecule has 0 saturated heterocycles. The van der Waals surface area contributed by atoms with Crippen LogP contribution in [0, 0.1) is 5.92 Å². The first-order chi connectivity index (χ1) is 11.0. The van der Waals surface area contributed by atoms with Crippen LogP contribution in [0.15, 0.2) is 18.2 Å². The van der Waals surface area contributed by atoms with E-state index in [1.807, 2.05) is 0 Å². The third-order valence-corrected chi connectivity index (χ3v) is 3.47. The molecule has 0 aliphatic rings. The summed E-state index contributed by atoms with van der Waals surface area (Å²) in [4.78, 5) is 11.9. The van der Waals surface area contributed by atoms with Gasteiger partial charge in [-0.15, -0.1) is 5.10 Å². The number of halogens is 1. The minimum Gasteiger partial charge on any atom is -0.492 e. The lowest BCUT2D eigenvalue weighted by atomic mass is 10.1. The molecule has 0 saturated carbocycles. The lowest BCUT2D eigenvalue weighted by molar-refractivity contribution is 0.0520. The summed E-state index contributed by atoms with van der Waals surface area (Å²) in [5, 5.41) is 10.8. The maximum atomic E-state index is 11.9. The van der Waals surface area contributed by atoms with Crippen LogP contribution in [0.1, 0.15) is 37.7 Å². The normalized spacial score (nSPS) is 10.8. The van der Waals surface area contributed by atoms with Crippen LogP contribution in [-0.2, 0) is 4.74 Å². The van der Waals surface area contributed by atoms with E-state index in [1.165, 1.54) is 0 Å². The lowest BCUT2D eigenvalue weighted by Gasteiger charge is -2.10. The smallest absolute Gasteiger partial charge is 0.361 e. The fourth-order valence-electron chi connectivity index (χ4n) is 1.94. The number of benzene rings is 1. The van der Waals surface area contributed by atoms with Gasteiger partial charge in [0.2, 0.25) is 0 Å². The van der Waals surface area contributed by atoms with Crippen molar-refractivity contribution in [2.45, 2.75) is 27.2 Å². The molecular formula is C16H20ClN3O3. The van der Waals surface area contributed by atoms with Crippen molar-refractivity contribution in [3.8, 4) is 17.0 Å². The van der Waals surface area contributed by atoms with Gasteiger partial charge in [0.15, 0.2) is 5.69 Å². The van der Waals surface area contributed by atoms with Gasteiger partial charge < -0.3 is 9.47 Å². The third-order valence-electron chi connectivity index (χ3n) is 3.17. The molecule has 2 rings (SSSR count). The fourth-order valence-corrected chi connectivity index (χ4v) is 2.18. The van der Waals surface area contributed by atoms with Crippen LogP contribution in [0.4, 0.5) is 0 Å². The highest BCUT2D eigenvalue weighted by atomic mass is 35.5. The highest BCUT2D eigenvalue weighted by Gasteiger charge is 2.19. The number of hydrogen-bond donors (Lipinski definition) is 1. The van der Waals surface area contributed by atoms with E-state index in [1.54, 1.807) is 25.1 Å². The summed E-state index contributed by atoms with van der Waals surface area (Å²) < 4.78 is 10.6. The molecule has 0 spiro atoms. The van der Waals surface area contributed by atoms with E-state index in [2.05, 4.69) is 29.3 Å². The van der Waals surface area contributed by atoms with E-state index in [9.17, 15) is 4.79 Å². The Balaban J connectivity index is 2.17. The van der Waals surface area contributed by atoms with Crippen LogP contribution in [0.5, 0.6) is 5.75 Å². The molecule has 1 aromatic heterocycles. The maximum absolute atomic E-state index is 11.9. The van der Waals surface area contributed by atoms with Crippen LogP contribution in [0.3, 0.4) is 0 Å². The van der Waals surface area contributed by atoms with E-state index < -0.39 is 5.97 Å². The number of hydrogen-bond acceptors (Lipinski definition) is 5. The van der Waals surface area contributed by atoms with Crippen LogP contribution in [-0.4, -0.2) is 34.6 Å². The van der Waals surface area contributed by atoms with Gasteiger partial charge in [0.25, 0.3) is 0 Å². The van der Waals surface area contributed by atoms with E-state index in [-0.39, 0.29) is 12.3 Å². The van der Waals surface area contributed by atoms with Crippen molar-refractivity contribution in [2.75, 3.05) is 13.2 Å². The Morgan fingerprint density at radius 2 is 2.13 bits per heavy atom. The van der Waals surface area contributed by atoms with Gasteiger partial charge in [-0.25, -0.2) is 4.79 Å². The van der Waals surface area contributed by atoms with Crippen LogP contribution >= 0.6 is 11.6 Å². The van der Waals surface area contributed by atoms with Crippen LogP contribution in [0.25, 0.3) is 11.3 Å². The number of aromatic amines is 1. The summed E-state index contributed by atoms with van der Waals surface area (Å²) >= 11 is 6.26. The molecule has 0 aliphatic carbocycles. The number of aromatic nitrogens is 3. The van der Waals surface area contributed by atoms with Crippen molar-refractivity contribution >= 4 is 17.6 Å². The predicted molar refractivity (Wildman–Crippen MR) is 87.7 cm³/mol. The second-order valence-electron chi connectivity index (χ2n) is 5.42. The molecule has 0 aliphatic heterocycles. The Kier molecular flexibility index (Phi) is 5.98. The van der Waals surface area contributed by atoms with E-state index >= 15 is 0 Å². The van der Waals surface area contributed by atoms with Gasteiger partial charge in [0.05, 0.1) is 18.2 Å². The summed E-state index contributed by atoms with van der Waals surface area (Å²) in [7, 11) is 0. The Morgan fingerprint density at radius 3 is 2.78 bits per heavy atom. The molecule has 23 heavy (non-hydrogen) atoms. The van der Waals surface area contributed by atoms with Gasteiger partial charge in [-0.05, 0) is 37.5 Å². The molecular weight excluding hydrogens is 318 g/mol. The Labute approximate surface area is 140 Å². The van der Waals surface area contributed by atoms with Gasteiger partial charge in [0.1, 0.15) is 11.4 Å². The topological polar surface area (TPSA) is 77.1 Å². The van der Waals surface area contributed by atoms with Gasteiger partial charge in [-0.1, -0.05) is 25.4 Å². The van der Waals surface area contributed by atoms with Gasteiger partial charge in [0, 0.05) is 5.56 Å². The summed E-state index contributed by atoms with van der Waals surface area (Å²) in [6.45, 7) is 6.88. The van der Waals surface area contributed by atoms with Gasteiger partial charge in [-0.2, -0.15) is 10.3 Å². The van der Waals surface area contributed by atoms with E-state index in [4.69, 9.17) is 21.1 Å². The molecule has 2 aromatic rings. The number of ether oxygens (including phenoxy) is 2. The van der Waals surface area contributed by atoms with Crippen LogP contribution in [0.2, 0.25) is 5.02 Å². The highest BCUT2D eigenvalue weighted by molar-refractivity contribution is 6.32. The SMILES string of the molecule is CCOC(=O)c1n[nH]nc1-c1ccc(OCCC(C)C)c(Cl)c1. The zero-order chi connectivity index (χ0) is 16.8. The molecule has 0 amide bonds. The number of carbonyl (C=O) groups excluding carboxylic acids is 1.